The lowest BCUT2D eigenvalue weighted by Crippen LogP contribution is -2.54. The van der Waals surface area contributed by atoms with Gasteiger partial charge in [-0.3, -0.25) is 0 Å². The van der Waals surface area contributed by atoms with E-state index in [-0.39, 0.29) is 0 Å². The van der Waals surface area contributed by atoms with Crippen molar-refractivity contribution in [3.8, 4) is 0 Å². The fourth-order valence-electron chi connectivity index (χ4n) is 1.92. The van der Waals surface area contributed by atoms with Gasteiger partial charge in [0, 0.05) is 23.7 Å². The van der Waals surface area contributed by atoms with Crippen molar-refractivity contribution in [3.63, 3.8) is 0 Å². The molecule has 1 fully saturated rings. The van der Waals surface area contributed by atoms with Crippen LogP contribution in [0.25, 0.3) is 0 Å². The Bertz CT molecular complexity index is 278. The molecule has 0 atom stereocenters. The molecule has 0 bridgehead atoms. The second-order valence-electron chi connectivity index (χ2n) is 4.16. The van der Waals surface area contributed by atoms with Gasteiger partial charge in [0.1, 0.15) is 0 Å². The molecule has 1 saturated carbocycles. The van der Waals surface area contributed by atoms with Crippen LogP contribution in [-0.2, 0) is 0 Å². The molecule has 1 N–H and O–H groups in total. The van der Waals surface area contributed by atoms with E-state index in [9.17, 15) is 0 Å². The largest absolute Gasteiger partial charge is 0.360 e. The van der Waals surface area contributed by atoms with Gasteiger partial charge in [-0.2, -0.15) is 0 Å². The van der Waals surface area contributed by atoms with Crippen LogP contribution in [0.2, 0.25) is 0 Å². The Hall–Kier alpha value is -0.610. The first-order valence-corrected chi connectivity index (χ1v) is 5.92. The molecule has 0 spiro atoms. The van der Waals surface area contributed by atoms with Crippen LogP contribution in [0, 0.1) is 0 Å². The number of rotatable bonds is 4. The van der Waals surface area contributed by atoms with Gasteiger partial charge in [0.05, 0.1) is 0 Å². The van der Waals surface area contributed by atoms with Crippen LogP contribution < -0.4 is 5.32 Å². The molecule has 14 heavy (non-hydrogen) atoms. The minimum absolute atomic E-state index is 0.381. The first-order chi connectivity index (χ1) is 6.73. The Balaban J connectivity index is 1.90. The third-order valence-electron chi connectivity index (χ3n) is 3.23. The highest BCUT2D eigenvalue weighted by Crippen LogP contribution is 2.36. The van der Waals surface area contributed by atoms with Crippen LogP contribution in [0.1, 0.15) is 19.3 Å². The molecule has 0 radical (unpaired) electrons. The molecule has 0 aliphatic heterocycles. The van der Waals surface area contributed by atoms with Crippen molar-refractivity contribution in [2.24, 2.45) is 0 Å². The van der Waals surface area contributed by atoms with E-state index in [0.717, 1.165) is 11.7 Å². The van der Waals surface area contributed by atoms with E-state index >= 15 is 0 Å². The SMILES string of the molecule is CN(C)C1(CNc2nccs2)CCC1. The van der Waals surface area contributed by atoms with Gasteiger partial charge in [-0.1, -0.05) is 0 Å². The van der Waals surface area contributed by atoms with E-state index in [1.165, 1.54) is 19.3 Å². The van der Waals surface area contributed by atoms with Gasteiger partial charge in [-0.15, -0.1) is 11.3 Å². The van der Waals surface area contributed by atoms with Crippen LogP contribution >= 0.6 is 11.3 Å². The Morgan fingerprint density at radius 3 is 2.79 bits per heavy atom. The summed E-state index contributed by atoms with van der Waals surface area (Å²) in [6.07, 6.45) is 5.81. The molecule has 0 aromatic carbocycles. The van der Waals surface area contributed by atoms with Crippen LogP contribution in [0.15, 0.2) is 11.6 Å². The van der Waals surface area contributed by atoms with Crippen molar-refractivity contribution < 1.29 is 0 Å². The fourth-order valence-corrected chi connectivity index (χ4v) is 2.45. The number of hydrogen-bond donors (Lipinski definition) is 1. The minimum Gasteiger partial charge on any atom is -0.360 e. The van der Waals surface area contributed by atoms with Gasteiger partial charge >= 0.3 is 0 Å². The number of aromatic nitrogens is 1. The number of thiazole rings is 1. The molecule has 0 saturated heterocycles. The number of nitrogens with zero attached hydrogens (tertiary/aromatic N) is 2. The zero-order chi connectivity index (χ0) is 10.0. The van der Waals surface area contributed by atoms with E-state index in [1.54, 1.807) is 11.3 Å². The maximum absolute atomic E-state index is 4.23. The average molecular weight is 211 g/mol. The number of hydrogen-bond acceptors (Lipinski definition) is 4. The molecular formula is C10H17N3S. The maximum Gasteiger partial charge on any atom is 0.182 e. The number of nitrogens with one attached hydrogen (secondary N) is 1. The van der Waals surface area contributed by atoms with Crippen molar-refractivity contribution in [1.29, 1.82) is 0 Å². The van der Waals surface area contributed by atoms with Gasteiger partial charge in [0.2, 0.25) is 0 Å². The Morgan fingerprint density at radius 2 is 2.36 bits per heavy atom. The van der Waals surface area contributed by atoms with Crippen molar-refractivity contribution in [3.05, 3.63) is 11.6 Å². The number of likely N-dealkylation sites (N-methyl/N-ethyl adjacent to an activating group) is 1. The molecular weight excluding hydrogens is 194 g/mol. The quantitative estimate of drug-likeness (QED) is 0.826. The predicted octanol–water partition coefficient (Wildman–Crippen LogP) is 2.04. The van der Waals surface area contributed by atoms with E-state index in [4.69, 9.17) is 0 Å². The smallest absolute Gasteiger partial charge is 0.182 e. The summed E-state index contributed by atoms with van der Waals surface area (Å²) in [6.45, 7) is 1.02. The minimum atomic E-state index is 0.381. The molecule has 1 heterocycles. The Morgan fingerprint density at radius 1 is 1.57 bits per heavy atom. The predicted molar refractivity (Wildman–Crippen MR) is 60.9 cm³/mol. The fraction of sp³-hybridized carbons (Fsp3) is 0.700. The van der Waals surface area contributed by atoms with Gasteiger partial charge in [-0.05, 0) is 33.4 Å². The zero-order valence-corrected chi connectivity index (χ0v) is 9.60. The van der Waals surface area contributed by atoms with E-state index in [2.05, 4.69) is 29.3 Å². The topological polar surface area (TPSA) is 28.2 Å². The van der Waals surface area contributed by atoms with Gasteiger partial charge in [-0.25, -0.2) is 4.98 Å². The summed E-state index contributed by atoms with van der Waals surface area (Å²) in [5.74, 6) is 0. The van der Waals surface area contributed by atoms with Crippen molar-refractivity contribution in [1.82, 2.24) is 9.88 Å². The van der Waals surface area contributed by atoms with Crippen LogP contribution in [0.4, 0.5) is 5.13 Å². The van der Waals surface area contributed by atoms with Gasteiger partial charge in [0.15, 0.2) is 5.13 Å². The summed E-state index contributed by atoms with van der Waals surface area (Å²) >= 11 is 1.67. The summed E-state index contributed by atoms with van der Waals surface area (Å²) in [7, 11) is 4.34. The maximum atomic E-state index is 4.23. The lowest BCUT2D eigenvalue weighted by atomic mass is 9.75. The zero-order valence-electron chi connectivity index (χ0n) is 8.79. The molecule has 0 unspecified atom stereocenters. The molecule has 1 aromatic rings. The van der Waals surface area contributed by atoms with E-state index in [0.29, 0.717) is 5.54 Å². The molecule has 2 rings (SSSR count). The standard InChI is InChI=1S/C10H17N3S/c1-13(2)10(4-3-5-10)8-12-9-11-6-7-14-9/h6-7H,3-5,8H2,1-2H3,(H,11,12). The molecule has 3 nitrogen and oxygen atoms in total. The van der Waals surface area contributed by atoms with Crippen molar-refractivity contribution in [2.45, 2.75) is 24.8 Å². The molecule has 78 valence electrons. The third kappa shape index (κ3) is 1.77. The third-order valence-corrected chi connectivity index (χ3v) is 3.96. The van der Waals surface area contributed by atoms with Crippen LogP contribution in [0.5, 0.6) is 0 Å². The summed E-state index contributed by atoms with van der Waals surface area (Å²) < 4.78 is 0. The van der Waals surface area contributed by atoms with Gasteiger partial charge < -0.3 is 10.2 Å². The molecule has 0 amide bonds. The van der Waals surface area contributed by atoms with Crippen molar-refractivity contribution >= 4 is 16.5 Å². The highest BCUT2D eigenvalue weighted by atomic mass is 32.1. The molecule has 4 heteroatoms. The monoisotopic (exact) mass is 211 g/mol. The van der Waals surface area contributed by atoms with Crippen molar-refractivity contribution in [2.75, 3.05) is 26.0 Å². The molecule has 1 aliphatic carbocycles. The Kier molecular flexibility index (Phi) is 2.74. The summed E-state index contributed by atoms with van der Waals surface area (Å²) in [5, 5.41) is 6.46. The van der Waals surface area contributed by atoms with Crippen LogP contribution in [0.3, 0.4) is 0 Å². The number of anilines is 1. The second kappa shape index (κ2) is 3.87. The summed E-state index contributed by atoms with van der Waals surface area (Å²) in [6, 6.07) is 0. The molecule has 1 aromatic heterocycles. The second-order valence-corrected chi connectivity index (χ2v) is 5.06. The van der Waals surface area contributed by atoms with E-state index in [1.807, 2.05) is 11.6 Å². The van der Waals surface area contributed by atoms with Gasteiger partial charge in [0.25, 0.3) is 0 Å². The lowest BCUT2D eigenvalue weighted by Gasteiger charge is -2.47. The summed E-state index contributed by atoms with van der Waals surface area (Å²) in [5.41, 5.74) is 0.381. The molecule has 1 aliphatic rings. The first kappa shape index (κ1) is 9.93. The summed E-state index contributed by atoms with van der Waals surface area (Å²) in [4.78, 5) is 6.57. The highest BCUT2D eigenvalue weighted by molar-refractivity contribution is 7.13. The van der Waals surface area contributed by atoms with E-state index < -0.39 is 0 Å². The van der Waals surface area contributed by atoms with Crippen LogP contribution in [-0.4, -0.2) is 36.1 Å². The Labute approximate surface area is 89.1 Å². The average Bonchev–Trinajstić information content (AvgIpc) is 2.53. The lowest BCUT2D eigenvalue weighted by molar-refractivity contribution is 0.0739. The highest BCUT2D eigenvalue weighted by Gasteiger charge is 2.38. The normalized spacial score (nSPS) is 19.4. The first-order valence-electron chi connectivity index (χ1n) is 5.04.